The Hall–Kier alpha value is -4.12. The molecule has 1 aromatic heterocycles. The van der Waals surface area contributed by atoms with Crippen molar-refractivity contribution in [3.8, 4) is 11.8 Å². The number of ether oxygens (including phenoxy) is 1. The molecule has 1 saturated heterocycles. The van der Waals surface area contributed by atoms with Gasteiger partial charge in [0.1, 0.15) is 17.6 Å². The van der Waals surface area contributed by atoms with Crippen LogP contribution in [0.1, 0.15) is 22.7 Å². The molecule has 168 valence electrons. The smallest absolute Gasteiger partial charge is 0.260 e. The highest BCUT2D eigenvalue weighted by Crippen LogP contribution is 2.24. The minimum Gasteiger partial charge on any atom is -0.484 e. The highest BCUT2D eigenvalue weighted by Gasteiger charge is 2.26. The van der Waals surface area contributed by atoms with E-state index in [9.17, 15) is 14.4 Å². The Morgan fingerprint density at radius 2 is 1.82 bits per heavy atom. The fourth-order valence-corrected chi connectivity index (χ4v) is 3.46. The monoisotopic (exact) mass is 446 g/mol. The standard InChI is InChI=1S/C25H23FN4O3/c1-18-2-9-21(10-3-18)32-17-24(31)29-12-14-30(15-13-29)25-22(16-27)28-23(33-25)11-6-19-4-7-20(26)8-5-19/h2-11H,12-15,17H2,1H3/b11-6+. The molecule has 0 spiro atoms. The summed E-state index contributed by atoms with van der Waals surface area (Å²) in [4.78, 5) is 20.4. The molecule has 0 aliphatic carbocycles. The van der Waals surface area contributed by atoms with Gasteiger partial charge in [0.15, 0.2) is 6.61 Å². The van der Waals surface area contributed by atoms with Gasteiger partial charge in [-0.3, -0.25) is 4.79 Å². The van der Waals surface area contributed by atoms with E-state index in [1.165, 1.54) is 12.1 Å². The van der Waals surface area contributed by atoms with E-state index in [2.05, 4.69) is 11.1 Å². The van der Waals surface area contributed by atoms with E-state index in [0.717, 1.165) is 11.1 Å². The number of hydrogen-bond acceptors (Lipinski definition) is 6. The van der Waals surface area contributed by atoms with E-state index in [0.29, 0.717) is 37.8 Å². The van der Waals surface area contributed by atoms with Crippen molar-refractivity contribution in [1.82, 2.24) is 9.88 Å². The number of anilines is 1. The van der Waals surface area contributed by atoms with E-state index in [1.807, 2.05) is 36.1 Å². The zero-order chi connectivity index (χ0) is 23.2. The Kier molecular flexibility index (Phi) is 6.69. The van der Waals surface area contributed by atoms with Crippen LogP contribution in [-0.4, -0.2) is 48.6 Å². The van der Waals surface area contributed by atoms with Crippen LogP contribution in [0.2, 0.25) is 0 Å². The summed E-state index contributed by atoms with van der Waals surface area (Å²) in [7, 11) is 0. The lowest BCUT2D eigenvalue weighted by molar-refractivity contribution is -0.133. The summed E-state index contributed by atoms with van der Waals surface area (Å²) < 4.78 is 24.4. The first kappa shape index (κ1) is 22.1. The number of carbonyl (C=O) groups is 1. The molecule has 0 atom stereocenters. The number of rotatable bonds is 6. The van der Waals surface area contributed by atoms with Gasteiger partial charge in [-0.25, -0.2) is 4.39 Å². The maximum Gasteiger partial charge on any atom is 0.260 e. The van der Waals surface area contributed by atoms with Crippen LogP contribution in [0.25, 0.3) is 12.2 Å². The number of halogens is 1. The Bertz CT molecular complexity index is 1170. The van der Waals surface area contributed by atoms with E-state index in [-0.39, 0.29) is 29.9 Å². The average molecular weight is 446 g/mol. The molecule has 8 heteroatoms. The lowest BCUT2D eigenvalue weighted by Gasteiger charge is -2.34. The first-order valence-corrected chi connectivity index (χ1v) is 10.6. The van der Waals surface area contributed by atoms with Gasteiger partial charge in [-0.05, 0) is 42.8 Å². The predicted molar refractivity (Wildman–Crippen MR) is 122 cm³/mol. The van der Waals surface area contributed by atoms with Crippen molar-refractivity contribution in [2.75, 3.05) is 37.7 Å². The highest BCUT2D eigenvalue weighted by atomic mass is 19.1. The molecular weight excluding hydrogens is 423 g/mol. The quantitative estimate of drug-likeness (QED) is 0.571. The molecule has 4 rings (SSSR count). The van der Waals surface area contributed by atoms with Crippen LogP contribution in [0.4, 0.5) is 10.3 Å². The van der Waals surface area contributed by atoms with Gasteiger partial charge in [0.05, 0.1) is 0 Å². The third-order valence-electron chi connectivity index (χ3n) is 5.32. The maximum absolute atomic E-state index is 13.0. The number of benzene rings is 2. The van der Waals surface area contributed by atoms with Crippen LogP contribution in [0.15, 0.2) is 52.9 Å². The minimum atomic E-state index is -0.309. The SMILES string of the molecule is Cc1ccc(OCC(=O)N2CCN(c3oc(/C=C/c4ccc(F)cc4)nc3C#N)CC2)cc1. The molecule has 1 amide bonds. The summed E-state index contributed by atoms with van der Waals surface area (Å²) in [6.45, 7) is 3.98. The third-order valence-corrected chi connectivity index (χ3v) is 5.32. The summed E-state index contributed by atoms with van der Waals surface area (Å²) in [6.07, 6.45) is 3.38. The number of aromatic nitrogens is 1. The molecule has 2 aromatic carbocycles. The van der Waals surface area contributed by atoms with Crippen LogP contribution in [-0.2, 0) is 4.79 Å². The summed E-state index contributed by atoms with van der Waals surface area (Å²) >= 11 is 0. The van der Waals surface area contributed by atoms with Crippen molar-refractivity contribution in [1.29, 1.82) is 5.26 Å². The second-order valence-electron chi connectivity index (χ2n) is 7.67. The first-order chi connectivity index (χ1) is 16.0. The molecule has 1 fully saturated rings. The fourth-order valence-electron chi connectivity index (χ4n) is 3.46. The van der Waals surface area contributed by atoms with Crippen LogP contribution < -0.4 is 9.64 Å². The number of nitriles is 1. The lowest BCUT2D eigenvalue weighted by Crippen LogP contribution is -2.50. The summed E-state index contributed by atoms with van der Waals surface area (Å²) in [5, 5.41) is 9.47. The number of carbonyl (C=O) groups excluding carboxylic acids is 1. The second-order valence-corrected chi connectivity index (χ2v) is 7.67. The number of piperazine rings is 1. The Morgan fingerprint density at radius 3 is 2.48 bits per heavy atom. The third kappa shape index (κ3) is 5.57. The van der Waals surface area contributed by atoms with Crippen molar-refractivity contribution in [2.45, 2.75) is 6.92 Å². The Balaban J connectivity index is 1.34. The van der Waals surface area contributed by atoms with E-state index < -0.39 is 0 Å². The van der Waals surface area contributed by atoms with Gasteiger partial charge in [-0.1, -0.05) is 29.8 Å². The molecule has 1 aliphatic rings. The van der Waals surface area contributed by atoms with Gasteiger partial charge in [0.25, 0.3) is 5.91 Å². The maximum atomic E-state index is 13.0. The number of hydrogen-bond donors (Lipinski definition) is 0. The highest BCUT2D eigenvalue weighted by molar-refractivity contribution is 5.78. The number of amides is 1. The summed E-state index contributed by atoms with van der Waals surface area (Å²) in [6, 6.07) is 15.6. The molecule has 0 unspecified atom stereocenters. The van der Waals surface area contributed by atoms with E-state index in [1.54, 1.807) is 29.2 Å². The zero-order valence-electron chi connectivity index (χ0n) is 18.2. The predicted octanol–water partition coefficient (Wildman–Crippen LogP) is 3.89. The first-order valence-electron chi connectivity index (χ1n) is 10.6. The number of nitrogens with zero attached hydrogens (tertiary/aromatic N) is 4. The van der Waals surface area contributed by atoms with Gasteiger partial charge in [0, 0.05) is 32.3 Å². The van der Waals surface area contributed by atoms with E-state index >= 15 is 0 Å². The summed E-state index contributed by atoms with van der Waals surface area (Å²) in [5.41, 5.74) is 2.11. The molecule has 33 heavy (non-hydrogen) atoms. The van der Waals surface area contributed by atoms with Crippen molar-refractivity contribution in [3.63, 3.8) is 0 Å². The van der Waals surface area contributed by atoms with Crippen LogP contribution in [0, 0.1) is 24.1 Å². The molecule has 3 aromatic rings. The molecule has 2 heterocycles. The normalized spacial score (nSPS) is 13.8. The fraction of sp³-hybridized carbons (Fsp3) is 0.240. The lowest BCUT2D eigenvalue weighted by atomic mass is 10.2. The van der Waals surface area contributed by atoms with Crippen molar-refractivity contribution < 1.29 is 18.3 Å². The molecule has 0 saturated carbocycles. The average Bonchev–Trinajstić information content (AvgIpc) is 3.26. The molecule has 1 aliphatic heterocycles. The van der Waals surface area contributed by atoms with Gasteiger partial charge in [-0.15, -0.1) is 0 Å². The van der Waals surface area contributed by atoms with Crippen LogP contribution in [0.3, 0.4) is 0 Å². The largest absolute Gasteiger partial charge is 0.484 e. The molecule has 0 N–H and O–H groups in total. The molecule has 0 bridgehead atoms. The number of aryl methyl sites for hydroxylation is 1. The van der Waals surface area contributed by atoms with Gasteiger partial charge in [0.2, 0.25) is 17.5 Å². The topological polar surface area (TPSA) is 82.6 Å². The van der Waals surface area contributed by atoms with Crippen LogP contribution in [0.5, 0.6) is 5.75 Å². The van der Waals surface area contributed by atoms with E-state index in [4.69, 9.17) is 9.15 Å². The van der Waals surface area contributed by atoms with Crippen molar-refractivity contribution in [3.05, 3.63) is 77.1 Å². The van der Waals surface area contributed by atoms with Crippen molar-refractivity contribution in [2.24, 2.45) is 0 Å². The van der Waals surface area contributed by atoms with Gasteiger partial charge in [-0.2, -0.15) is 10.2 Å². The minimum absolute atomic E-state index is 0.0207. The molecule has 7 nitrogen and oxygen atoms in total. The van der Waals surface area contributed by atoms with Gasteiger partial charge >= 0.3 is 0 Å². The summed E-state index contributed by atoms with van der Waals surface area (Å²) in [5.74, 6) is 0.942. The zero-order valence-corrected chi connectivity index (χ0v) is 18.2. The molecular formula is C25H23FN4O3. The number of oxazole rings is 1. The molecule has 0 radical (unpaired) electrons. The second kappa shape index (κ2) is 10.0. The van der Waals surface area contributed by atoms with Crippen LogP contribution >= 0.6 is 0 Å². The van der Waals surface area contributed by atoms with Crippen molar-refractivity contribution >= 4 is 23.9 Å². The Labute approximate surface area is 191 Å². The van der Waals surface area contributed by atoms with Gasteiger partial charge < -0.3 is 19.0 Å². The Morgan fingerprint density at radius 1 is 1.12 bits per heavy atom.